The zero-order valence-electron chi connectivity index (χ0n) is 26.0. The maximum atomic E-state index is 12.9. The molecule has 1 fully saturated rings. The Morgan fingerprint density at radius 1 is 0.930 bits per heavy atom. The van der Waals surface area contributed by atoms with E-state index in [9.17, 15) is 9.90 Å². The molecule has 3 aromatic rings. The van der Waals surface area contributed by atoms with Gasteiger partial charge in [0.15, 0.2) is 0 Å². The maximum absolute atomic E-state index is 12.9. The molecule has 3 unspecified atom stereocenters. The van der Waals surface area contributed by atoms with Gasteiger partial charge in [0.2, 0.25) is 0 Å². The first kappa shape index (κ1) is 32.3. The molecule has 4 rings (SSSR count). The predicted molar refractivity (Wildman–Crippen MR) is 166 cm³/mol. The van der Waals surface area contributed by atoms with Gasteiger partial charge in [-0.2, -0.15) is 0 Å². The molecule has 1 aliphatic heterocycles. The molecule has 0 spiro atoms. The van der Waals surface area contributed by atoms with Crippen LogP contribution in [0.2, 0.25) is 0 Å². The van der Waals surface area contributed by atoms with Crippen LogP contribution in [0.25, 0.3) is 0 Å². The molecule has 1 heterocycles. The molecule has 0 saturated carbocycles. The monoisotopic (exact) mass is 591 g/mol. The normalized spacial score (nSPS) is 18.7. The maximum Gasteiger partial charge on any atom is 0.410 e. The minimum atomic E-state index is -0.836. The lowest BCUT2D eigenvalue weighted by atomic mass is 9.84. The number of benzene rings is 3. The summed E-state index contributed by atoms with van der Waals surface area (Å²) >= 11 is 0. The number of carbonyl (C=O) groups is 1. The third-order valence-electron chi connectivity index (χ3n) is 7.28. The van der Waals surface area contributed by atoms with Crippen LogP contribution in [-0.4, -0.2) is 67.3 Å². The number of nitrogens with zero attached hydrogens (tertiary/aromatic N) is 1. The molecule has 1 amide bonds. The molecule has 0 bridgehead atoms. The van der Waals surface area contributed by atoms with Crippen molar-refractivity contribution in [2.24, 2.45) is 0 Å². The fourth-order valence-electron chi connectivity index (χ4n) is 5.20. The van der Waals surface area contributed by atoms with Gasteiger partial charge >= 0.3 is 6.09 Å². The second kappa shape index (κ2) is 15.2. The Morgan fingerprint density at radius 2 is 1.67 bits per heavy atom. The Hall–Kier alpha value is -3.59. The number of amides is 1. The third-order valence-corrected chi connectivity index (χ3v) is 7.28. The molecular weight excluding hydrogens is 546 g/mol. The highest BCUT2D eigenvalue weighted by Gasteiger charge is 2.40. The molecule has 0 aliphatic carbocycles. The predicted octanol–water partition coefficient (Wildman–Crippen LogP) is 6.27. The Bertz CT molecular complexity index is 1290. The van der Waals surface area contributed by atoms with Crippen molar-refractivity contribution in [1.82, 2.24) is 4.90 Å². The smallest absolute Gasteiger partial charge is 0.410 e. The molecule has 0 radical (unpaired) electrons. The van der Waals surface area contributed by atoms with Crippen molar-refractivity contribution < 1.29 is 33.6 Å². The van der Waals surface area contributed by atoms with Gasteiger partial charge in [0.25, 0.3) is 0 Å². The Balaban J connectivity index is 1.38. The highest BCUT2D eigenvalue weighted by Crippen LogP contribution is 2.33. The van der Waals surface area contributed by atoms with E-state index in [1.807, 2.05) is 100 Å². The highest BCUT2D eigenvalue weighted by atomic mass is 16.6. The summed E-state index contributed by atoms with van der Waals surface area (Å²) in [7, 11) is 1.65. The van der Waals surface area contributed by atoms with Crippen molar-refractivity contribution in [2.45, 2.75) is 71.1 Å². The first-order valence-electron chi connectivity index (χ1n) is 14.9. The molecule has 1 saturated heterocycles. The van der Waals surface area contributed by atoms with E-state index in [0.29, 0.717) is 33.0 Å². The van der Waals surface area contributed by atoms with E-state index in [4.69, 9.17) is 23.7 Å². The van der Waals surface area contributed by atoms with Crippen molar-refractivity contribution in [2.75, 3.05) is 33.4 Å². The van der Waals surface area contributed by atoms with E-state index >= 15 is 0 Å². The summed E-state index contributed by atoms with van der Waals surface area (Å²) in [5, 5.41) is 11.3. The zero-order valence-corrected chi connectivity index (χ0v) is 26.0. The average Bonchev–Trinajstić information content (AvgIpc) is 2.98. The fraction of sp³-hybridized carbons (Fsp3) is 0.457. The molecule has 1 aliphatic rings. The van der Waals surface area contributed by atoms with Gasteiger partial charge in [-0.05, 0) is 68.1 Å². The van der Waals surface area contributed by atoms with Crippen LogP contribution in [-0.2, 0) is 27.4 Å². The first-order chi connectivity index (χ1) is 20.6. The zero-order chi connectivity index (χ0) is 30.8. The van der Waals surface area contributed by atoms with E-state index in [-0.39, 0.29) is 12.5 Å². The summed E-state index contributed by atoms with van der Waals surface area (Å²) in [5.41, 5.74) is 3.43. The van der Waals surface area contributed by atoms with Crippen LogP contribution in [0.1, 0.15) is 55.4 Å². The Morgan fingerprint density at radius 3 is 2.35 bits per heavy atom. The lowest BCUT2D eigenvalue weighted by Gasteiger charge is -2.42. The molecule has 3 atom stereocenters. The summed E-state index contributed by atoms with van der Waals surface area (Å²) in [6, 6.07) is 23.8. The van der Waals surface area contributed by atoms with Gasteiger partial charge in [-0.25, -0.2) is 4.79 Å². The number of rotatable bonds is 12. The largest absolute Gasteiger partial charge is 0.496 e. The average molecular weight is 592 g/mol. The van der Waals surface area contributed by atoms with Crippen molar-refractivity contribution in [3.63, 3.8) is 0 Å². The molecular formula is C35H45NO7. The number of likely N-dealkylation sites (tertiary alicyclic amines) is 1. The number of aryl methyl sites for hydroxylation is 1. The SMILES string of the molecule is COc1ccc(COC2CN(C(=O)OC(C)(C)C)CC(O)C2c2ccc(OCCCOCc3ccccc3)cc2)cc1C. The van der Waals surface area contributed by atoms with E-state index in [0.717, 1.165) is 40.2 Å². The summed E-state index contributed by atoms with van der Waals surface area (Å²) in [5.74, 6) is 1.23. The van der Waals surface area contributed by atoms with Crippen LogP contribution >= 0.6 is 0 Å². The van der Waals surface area contributed by atoms with Crippen LogP contribution < -0.4 is 9.47 Å². The number of aliphatic hydroxyl groups is 1. The number of hydrogen-bond acceptors (Lipinski definition) is 7. The molecule has 232 valence electrons. The molecule has 3 aromatic carbocycles. The lowest BCUT2D eigenvalue weighted by Crippen LogP contribution is -2.54. The van der Waals surface area contributed by atoms with Gasteiger partial charge in [-0.3, -0.25) is 0 Å². The van der Waals surface area contributed by atoms with E-state index in [1.165, 1.54) is 4.90 Å². The van der Waals surface area contributed by atoms with Crippen LogP contribution in [0.4, 0.5) is 4.79 Å². The standard InChI is InChI=1S/C35H45NO7/c1-25-20-27(12-17-31(25)39-5)24-42-32-22-36(34(38)43-35(2,3)4)21-30(37)33(32)28-13-15-29(16-14-28)41-19-9-18-40-23-26-10-7-6-8-11-26/h6-8,10-17,20,30,32-33,37H,9,18-19,21-24H2,1-5H3. The lowest BCUT2D eigenvalue weighted by molar-refractivity contribution is -0.0756. The molecule has 1 N–H and O–H groups in total. The van der Waals surface area contributed by atoms with Crippen LogP contribution in [0, 0.1) is 6.92 Å². The second-order valence-corrected chi connectivity index (χ2v) is 11.9. The Kier molecular flexibility index (Phi) is 11.4. The summed E-state index contributed by atoms with van der Waals surface area (Å²) in [6.07, 6.45) is -0.975. The van der Waals surface area contributed by atoms with Gasteiger partial charge in [0.05, 0.1) is 58.8 Å². The van der Waals surface area contributed by atoms with Crippen molar-refractivity contribution in [1.29, 1.82) is 0 Å². The van der Waals surface area contributed by atoms with E-state index in [1.54, 1.807) is 7.11 Å². The summed E-state index contributed by atoms with van der Waals surface area (Å²) < 4.78 is 29.1. The number of β-amino-alcohol motifs (C(OH)–C–C–N with tert-alkyl or cyclic N) is 1. The number of methoxy groups -OCH3 is 1. The first-order valence-corrected chi connectivity index (χ1v) is 14.9. The Labute approximate surface area is 255 Å². The van der Waals surface area contributed by atoms with E-state index in [2.05, 4.69) is 0 Å². The summed E-state index contributed by atoms with van der Waals surface area (Å²) in [4.78, 5) is 14.5. The number of aliphatic hydroxyl groups excluding tert-OH is 1. The minimum absolute atomic E-state index is 0.155. The van der Waals surface area contributed by atoms with Crippen molar-refractivity contribution in [3.8, 4) is 11.5 Å². The molecule has 8 heteroatoms. The number of piperidine rings is 1. The number of carbonyl (C=O) groups excluding carboxylic acids is 1. The van der Waals surface area contributed by atoms with E-state index < -0.39 is 23.9 Å². The van der Waals surface area contributed by atoms with Gasteiger partial charge in [0.1, 0.15) is 17.1 Å². The minimum Gasteiger partial charge on any atom is -0.496 e. The topological polar surface area (TPSA) is 86.7 Å². The number of hydrogen-bond donors (Lipinski definition) is 1. The highest BCUT2D eigenvalue weighted by molar-refractivity contribution is 5.68. The van der Waals surface area contributed by atoms with Crippen LogP contribution in [0.15, 0.2) is 72.8 Å². The van der Waals surface area contributed by atoms with Crippen LogP contribution in [0.5, 0.6) is 11.5 Å². The van der Waals surface area contributed by atoms with Crippen molar-refractivity contribution >= 4 is 6.09 Å². The third kappa shape index (κ3) is 9.71. The second-order valence-electron chi connectivity index (χ2n) is 11.9. The van der Waals surface area contributed by atoms with Gasteiger partial charge in [0, 0.05) is 12.3 Å². The van der Waals surface area contributed by atoms with Gasteiger partial charge in [-0.15, -0.1) is 0 Å². The van der Waals surface area contributed by atoms with Crippen LogP contribution in [0.3, 0.4) is 0 Å². The molecule has 8 nitrogen and oxygen atoms in total. The van der Waals surface area contributed by atoms with Gasteiger partial charge in [-0.1, -0.05) is 54.6 Å². The quantitative estimate of drug-likeness (QED) is 0.249. The number of ether oxygens (including phenoxy) is 5. The summed E-state index contributed by atoms with van der Waals surface area (Å²) in [6.45, 7) is 10.00. The fourth-order valence-corrected chi connectivity index (χ4v) is 5.20. The van der Waals surface area contributed by atoms with Gasteiger partial charge < -0.3 is 33.7 Å². The molecule has 0 aromatic heterocycles. The molecule has 43 heavy (non-hydrogen) atoms. The van der Waals surface area contributed by atoms with Crippen molar-refractivity contribution in [3.05, 3.63) is 95.1 Å².